The van der Waals surface area contributed by atoms with Gasteiger partial charge in [0.1, 0.15) is 0 Å². The van der Waals surface area contributed by atoms with Crippen molar-refractivity contribution in [2.75, 3.05) is 6.61 Å². The van der Waals surface area contributed by atoms with Gasteiger partial charge in [-0.3, -0.25) is 4.79 Å². The van der Waals surface area contributed by atoms with Crippen molar-refractivity contribution in [2.45, 2.75) is 25.6 Å². The van der Waals surface area contributed by atoms with Crippen LogP contribution in [0.3, 0.4) is 0 Å². The van der Waals surface area contributed by atoms with Gasteiger partial charge in [0.05, 0.1) is 24.6 Å². The van der Waals surface area contributed by atoms with E-state index in [1.165, 1.54) is 6.07 Å². The second-order valence-corrected chi connectivity index (χ2v) is 4.97. The third-order valence-corrected chi connectivity index (χ3v) is 3.29. The quantitative estimate of drug-likeness (QED) is 0.414. The molecule has 0 aliphatic rings. The van der Waals surface area contributed by atoms with E-state index in [1.807, 2.05) is 22.6 Å². The van der Waals surface area contributed by atoms with Gasteiger partial charge in [0.15, 0.2) is 0 Å². The van der Waals surface area contributed by atoms with Crippen LogP contribution in [-0.2, 0) is 21.8 Å². The van der Waals surface area contributed by atoms with Gasteiger partial charge in [-0.05, 0) is 35.6 Å². The molecule has 0 spiro atoms. The standard InChI is InChI=1S/C11H10ClF3INO3/c1-2-19-9(18)4-6-3-8(16)7(5-12)10(17-6)20-11(13,14)15/h3H,2,4-5H2,1H3. The van der Waals surface area contributed by atoms with E-state index in [2.05, 4.69) is 9.72 Å². The van der Waals surface area contributed by atoms with Crippen LogP contribution in [0.25, 0.3) is 0 Å². The van der Waals surface area contributed by atoms with Crippen LogP contribution < -0.4 is 4.74 Å². The summed E-state index contributed by atoms with van der Waals surface area (Å²) < 4.78 is 45.9. The molecule has 0 bridgehead atoms. The first-order valence-corrected chi connectivity index (χ1v) is 7.03. The van der Waals surface area contributed by atoms with Crippen molar-refractivity contribution in [1.82, 2.24) is 4.98 Å². The molecule has 0 aromatic carbocycles. The topological polar surface area (TPSA) is 48.4 Å². The largest absolute Gasteiger partial charge is 0.574 e. The van der Waals surface area contributed by atoms with Gasteiger partial charge in [-0.25, -0.2) is 4.98 Å². The predicted octanol–water partition coefficient (Wildman–Crippen LogP) is 3.43. The van der Waals surface area contributed by atoms with E-state index in [0.717, 1.165) is 0 Å². The number of carbonyl (C=O) groups excluding carboxylic acids is 1. The summed E-state index contributed by atoms with van der Waals surface area (Å²) in [4.78, 5) is 15.0. The molecule has 0 atom stereocenters. The van der Waals surface area contributed by atoms with Crippen molar-refractivity contribution in [2.24, 2.45) is 0 Å². The van der Waals surface area contributed by atoms with Gasteiger partial charge in [0.25, 0.3) is 0 Å². The zero-order valence-electron chi connectivity index (χ0n) is 10.3. The molecule has 0 amide bonds. The lowest BCUT2D eigenvalue weighted by molar-refractivity contribution is -0.276. The van der Waals surface area contributed by atoms with Gasteiger partial charge in [0.2, 0.25) is 5.88 Å². The van der Waals surface area contributed by atoms with Crippen molar-refractivity contribution in [3.05, 3.63) is 20.9 Å². The highest BCUT2D eigenvalue weighted by Crippen LogP contribution is 2.29. The molecule has 1 aromatic heterocycles. The maximum atomic E-state index is 12.3. The lowest BCUT2D eigenvalue weighted by Gasteiger charge is -2.13. The van der Waals surface area contributed by atoms with Crippen LogP contribution in [0.1, 0.15) is 18.2 Å². The number of pyridine rings is 1. The van der Waals surface area contributed by atoms with Gasteiger partial charge in [-0.15, -0.1) is 24.8 Å². The zero-order chi connectivity index (χ0) is 15.3. The minimum atomic E-state index is -4.88. The van der Waals surface area contributed by atoms with E-state index >= 15 is 0 Å². The van der Waals surface area contributed by atoms with Gasteiger partial charge in [-0.2, -0.15) is 0 Å². The number of rotatable bonds is 5. The summed E-state index contributed by atoms with van der Waals surface area (Å²) >= 11 is 7.40. The van der Waals surface area contributed by atoms with Crippen LogP contribution in [0, 0.1) is 3.57 Å². The number of hydrogen-bond acceptors (Lipinski definition) is 4. The average molecular weight is 424 g/mol. The normalized spacial score (nSPS) is 11.3. The molecule has 0 unspecified atom stereocenters. The highest BCUT2D eigenvalue weighted by molar-refractivity contribution is 14.1. The van der Waals surface area contributed by atoms with Crippen LogP contribution >= 0.6 is 34.2 Å². The number of hydrogen-bond donors (Lipinski definition) is 0. The van der Waals surface area contributed by atoms with Crippen molar-refractivity contribution in [3.8, 4) is 5.88 Å². The summed E-state index contributed by atoms with van der Waals surface area (Å²) in [6, 6.07) is 1.47. The highest BCUT2D eigenvalue weighted by atomic mass is 127. The smallest absolute Gasteiger partial charge is 0.466 e. The van der Waals surface area contributed by atoms with Crippen molar-refractivity contribution < 1.29 is 27.4 Å². The molecule has 0 N–H and O–H groups in total. The Labute approximate surface area is 131 Å². The van der Waals surface area contributed by atoms with Crippen LogP contribution in [0.4, 0.5) is 13.2 Å². The summed E-state index contributed by atoms with van der Waals surface area (Å²) in [6.45, 7) is 1.81. The Balaban J connectivity index is 3.07. The molecular formula is C11H10ClF3INO3. The van der Waals surface area contributed by atoms with Gasteiger partial charge < -0.3 is 9.47 Å². The number of alkyl halides is 4. The minimum Gasteiger partial charge on any atom is -0.466 e. The Bertz CT molecular complexity index is 497. The molecule has 20 heavy (non-hydrogen) atoms. The Hall–Kier alpha value is -0.770. The summed E-state index contributed by atoms with van der Waals surface area (Å²) in [7, 11) is 0. The number of esters is 1. The highest BCUT2D eigenvalue weighted by Gasteiger charge is 2.33. The van der Waals surface area contributed by atoms with E-state index in [0.29, 0.717) is 3.57 Å². The molecule has 0 saturated heterocycles. The number of ether oxygens (including phenoxy) is 2. The fraction of sp³-hybridized carbons (Fsp3) is 0.455. The molecule has 112 valence electrons. The van der Waals surface area contributed by atoms with E-state index in [9.17, 15) is 18.0 Å². The van der Waals surface area contributed by atoms with Crippen LogP contribution in [0.15, 0.2) is 6.07 Å². The monoisotopic (exact) mass is 423 g/mol. The first-order valence-electron chi connectivity index (χ1n) is 5.42. The molecule has 1 heterocycles. The maximum Gasteiger partial charge on any atom is 0.574 e. The Morgan fingerprint density at radius 3 is 2.65 bits per heavy atom. The summed E-state index contributed by atoms with van der Waals surface area (Å²) in [6.07, 6.45) is -5.11. The fourth-order valence-electron chi connectivity index (χ4n) is 1.33. The van der Waals surface area contributed by atoms with Crippen LogP contribution in [0.5, 0.6) is 5.88 Å². The molecule has 0 fully saturated rings. The molecule has 0 radical (unpaired) electrons. The summed E-state index contributed by atoms with van der Waals surface area (Å²) in [5.41, 5.74) is 0.248. The molecule has 1 rings (SSSR count). The zero-order valence-corrected chi connectivity index (χ0v) is 13.2. The molecule has 9 heteroatoms. The molecule has 0 aliphatic heterocycles. The second-order valence-electron chi connectivity index (χ2n) is 3.54. The SMILES string of the molecule is CCOC(=O)Cc1cc(I)c(CCl)c(OC(F)(F)F)n1. The second kappa shape index (κ2) is 7.30. The Morgan fingerprint density at radius 2 is 2.15 bits per heavy atom. The first-order chi connectivity index (χ1) is 9.26. The summed E-state index contributed by atoms with van der Waals surface area (Å²) in [5, 5.41) is 0. The third-order valence-electron chi connectivity index (χ3n) is 2.06. The van der Waals surface area contributed by atoms with Gasteiger partial charge >= 0.3 is 12.3 Å². The number of halogens is 5. The van der Waals surface area contributed by atoms with E-state index < -0.39 is 18.2 Å². The Morgan fingerprint density at radius 1 is 1.50 bits per heavy atom. The fourth-order valence-corrected chi connectivity index (χ4v) is 2.60. The van der Waals surface area contributed by atoms with Crippen molar-refractivity contribution in [3.63, 3.8) is 0 Å². The number of aromatic nitrogens is 1. The Kier molecular flexibility index (Phi) is 6.31. The van der Waals surface area contributed by atoms with Crippen LogP contribution in [-0.4, -0.2) is 23.9 Å². The molecule has 1 aromatic rings. The van der Waals surface area contributed by atoms with E-state index in [-0.39, 0.29) is 30.2 Å². The molecule has 0 aliphatic carbocycles. The number of nitrogens with zero attached hydrogens (tertiary/aromatic N) is 1. The van der Waals surface area contributed by atoms with E-state index in [4.69, 9.17) is 16.3 Å². The number of carbonyl (C=O) groups is 1. The lowest BCUT2D eigenvalue weighted by atomic mass is 10.2. The predicted molar refractivity (Wildman–Crippen MR) is 73.5 cm³/mol. The minimum absolute atomic E-state index is 0.122. The van der Waals surface area contributed by atoms with Crippen molar-refractivity contribution >= 4 is 40.2 Å². The average Bonchev–Trinajstić information content (AvgIpc) is 2.26. The van der Waals surface area contributed by atoms with E-state index in [1.54, 1.807) is 6.92 Å². The van der Waals surface area contributed by atoms with Crippen molar-refractivity contribution in [1.29, 1.82) is 0 Å². The first kappa shape index (κ1) is 17.3. The van der Waals surface area contributed by atoms with Gasteiger partial charge in [0, 0.05) is 9.13 Å². The lowest BCUT2D eigenvalue weighted by Crippen LogP contribution is -2.20. The maximum absolute atomic E-state index is 12.3. The van der Waals surface area contributed by atoms with Gasteiger partial charge in [-0.1, -0.05) is 0 Å². The molecule has 0 saturated carbocycles. The molecular weight excluding hydrogens is 413 g/mol. The third kappa shape index (κ3) is 5.31. The van der Waals surface area contributed by atoms with Crippen LogP contribution in [0.2, 0.25) is 0 Å². The summed E-state index contributed by atoms with van der Waals surface area (Å²) in [5.74, 6) is -1.40. The molecule has 4 nitrogen and oxygen atoms in total.